The summed E-state index contributed by atoms with van der Waals surface area (Å²) in [6.45, 7) is 6.45. The highest BCUT2D eigenvalue weighted by atomic mass is 15.1. The average molecular weight is 269 g/mol. The third-order valence-corrected chi connectivity index (χ3v) is 4.14. The lowest BCUT2D eigenvalue weighted by molar-refractivity contribution is 0.549. The van der Waals surface area contributed by atoms with Crippen molar-refractivity contribution in [3.05, 3.63) is 41.7 Å². The molecule has 0 aliphatic heterocycles. The molecule has 1 N–H and O–H groups in total. The standard InChI is InChI=1S/C17H23N3/c1-3-11-20-12-10-19-17(20)15-7-5-6-14-13(15)8-9-16(14)18-4-2/h5-7,10,12,16,18H,3-4,8-9,11H2,1-2H3. The van der Waals surface area contributed by atoms with Crippen LogP contribution in [-0.2, 0) is 13.0 Å². The summed E-state index contributed by atoms with van der Waals surface area (Å²) in [4.78, 5) is 4.60. The Morgan fingerprint density at radius 2 is 2.25 bits per heavy atom. The van der Waals surface area contributed by atoms with E-state index < -0.39 is 0 Å². The van der Waals surface area contributed by atoms with Gasteiger partial charge in [-0.2, -0.15) is 0 Å². The van der Waals surface area contributed by atoms with Crippen LogP contribution in [-0.4, -0.2) is 16.1 Å². The summed E-state index contributed by atoms with van der Waals surface area (Å²) in [5.41, 5.74) is 4.28. The molecule has 1 atom stereocenters. The molecular formula is C17H23N3. The number of aryl methyl sites for hydroxylation is 1. The van der Waals surface area contributed by atoms with Crippen LogP contribution >= 0.6 is 0 Å². The van der Waals surface area contributed by atoms with Crippen molar-refractivity contribution in [2.45, 2.75) is 45.7 Å². The Kier molecular flexibility index (Phi) is 3.88. The molecule has 106 valence electrons. The van der Waals surface area contributed by atoms with Crippen molar-refractivity contribution in [1.29, 1.82) is 0 Å². The lowest BCUT2D eigenvalue weighted by Crippen LogP contribution is -2.18. The number of hydrogen-bond acceptors (Lipinski definition) is 2. The molecule has 1 aromatic heterocycles. The first-order valence-electron chi connectivity index (χ1n) is 7.71. The quantitative estimate of drug-likeness (QED) is 0.899. The number of aromatic nitrogens is 2. The zero-order valence-corrected chi connectivity index (χ0v) is 12.4. The minimum absolute atomic E-state index is 0.518. The molecule has 1 heterocycles. The van der Waals surface area contributed by atoms with E-state index in [1.165, 1.54) is 23.1 Å². The highest BCUT2D eigenvalue weighted by Gasteiger charge is 2.25. The minimum Gasteiger partial charge on any atom is -0.331 e. The zero-order chi connectivity index (χ0) is 13.9. The molecule has 20 heavy (non-hydrogen) atoms. The Morgan fingerprint density at radius 1 is 1.35 bits per heavy atom. The maximum absolute atomic E-state index is 4.60. The predicted octanol–water partition coefficient (Wildman–Crippen LogP) is 3.56. The van der Waals surface area contributed by atoms with E-state index in [4.69, 9.17) is 0 Å². The topological polar surface area (TPSA) is 29.9 Å². The van der Waals surface area contributed by atoms with Gasteiger partial charge in [0.15, 0.2) is 0 Å². The fraction of sp³-hybridized carbons (Fsp3) is 0.471. The average Bonchev–Trinajstić information content (AvgIpc) is 3.07. The molecule has 1 unspecified atom stereocenters. The Morgan fingerprint density at radius 3 is 3.05 bits per heavy atom. The van der Waals surface area contributed by atoms with Gasteiger partial charge in [0.05, 0.1) is 0 Å². The van der Waals surface area contributed by atoms with Gasteiger partial charge in [-0.3, -0.25) is 0 Å². The molecule has 0 saturated heterocycles. The molecule has 0 saturated carbocycles. The molecule has 0 spiro atoms. The van der Waals surface area contributed by atoms with Crippen LogP contribution in [0.1, 0.15) is 43.9 Å². The van der Waals surface area contributed by atoms with Crippen molar-refractivity contribution in [2.75, 3.05) is 6.54 Å². The monoisotopic (exact) mass is 269 g/mol. The highest BCUT2D eigenvalue weighted by molar-refractivity contribution is 5.64. The second kappa shape index (κ2) is 5.80. The molecule has 0 amide bonds. The smallest absolute Gasteiger partial charge is 0.140 e. The van der Waals surface area contributed by atoms with Crippen LogP contribution in [0.25, 0.3) is 11.4 Å². The zero-order valence-electron chi connectivity index (χ0n) is 12.4. The Hall–Kier alpha value is -1.61. The number of fused-ring (bicyclic) bond motifs is 1. The van der Waals surface area contributed by atoms with Crippen molar-refractivity contribution < 1.29 is 0 Å². The molecule has 1 aromatic carbocycles. The molecule has 0 radical (unpaired) electrons. The van der Waals surface area contributed by atoms with Crippen LogP contribution < -0.4 is 5.32 Å². The van der Waals surface area contributed by atoms with Crippen molar-refractivity contribution in [2.24, 2.45) is 0 Å². The molecule has 2 aromatic rings. The van der Waals surface area contributed by atoms with Gasteiger partial charge in [-0.15, -0.1) is 0 Å². The second-order valence-electron chi connectivity index (χ2n) is 5.47. The summed E-state index contributed by atoms with van der Waals surface area (Å²) in [5.74, 6) is 1.13. The third-order valence-electron chi connectivity index (χ3n) is 4.14. The summed E-state index contributed by atoms with van der Waals surface area (Å²) >= 11 is 0. The second-order valence-corrected chi connectivity index (χ2v) is 5.47. The van der Waals surface area contributed by atoms with Gasteiger partial charge in [0.1, 0.15) is 5.82 Å². The van der Waals surface area contributed by atoms with E-state index in [-0.39, 0.29) is 0 Å². The van der Waals surface area contributed by atoms with E-state index in [1.807, 2.05) is 6.20 Å². The summed E-state index contributed by atoms with van der Waals surface area (Å²) in [6, 6.07) is 7.19. The van der Waals surface area contributed by atoms with E-state index in [0.29, 0.717) is 6.04 Å². The Labute approximate surface area is 121 Å². The van der Waals surface area contributed by atoms with Crippen molar-refractivity contribution in [3.8, 4) is 11.4 Å². The molecule has 1 aliphatic rings. The van der Waals surface area contributed by atoms with Crippen LogP contribution in [0.2, 0.25) is 0 Å². The van der Waals surface area contributed by atoms with E-state index >= 15 is 0 Å². The number of rotatable bonds is 5. The van der Waals surface area contributed by atoms with Gasteiger partial charge in [0.25, 0.3) is 0 Å². The molecule has 3 nitrogen and oxygen atoms in total. The number of imidazole rings is 1. The molecule has 3 heteroatoms. The fourth-order valence-corrected chi connectivity index (χ4v) is 3.30. The first kappa shape index (κ1) is 13.4. The number of nitrogens with one attached hydrogen (secondary N) is 1. The lowest BCUT2D eigenvalue weighted by Gasteiger charge is -2.14. The molecule has 0 fully saturated rings. The molecular weight excluding hydrogens is 246 g/mol. The first-order valence-corrected chi connectivity index (χ1v) is 7.71. The van der Waals surface area contributed by atoms with Crippen molar-refractivity contribution in [1.82, 2.24) is 14.9 Å². The molecule has 0 bridgehead atoms. The number of nitrogens with zero attached hydrogens (tertiary/aromatic N) is 2. The lowest BCUT2D eigenvalue weighted by atomic mass is 10.0. The van der Waals surface area contributed by atoms with Crippen LogP contribution in [0.4, 0.5) is 0 Å². The Bertz CT molecular complexity index is 586. The third kappa shape index (κ3) is 2.27. The minimum atomic E-state index is 0.518. The number of benzene rings is 1. The van der Waals surface area contributed by atoms with Gasteiger partial charge >= 0.3 is 0 Å². The summed E-state index contributed by atoms with van der Waals surface area (Å²) in [5, 5.41) is 3.59. The van der Waals surface area contributed by atoms with E-state index in [9.17, 15) is 0 Å². The molecule has 3 rings (SSSR count). The summed E-state index contributed by atoms with van der Waals surface area (Å²) in [6.07, 6.45) is 7.51. The fourth-order valence-electron chi connectivity index (χ4n) is 3.30. The summed E-state index contributed by atoms with van der Waals surface area (Å²) in [7, 11) is 0. The van der Waals surface area contributed by atoms with E-state index in [2.05, 4.69) is 53.1 Å². The van der Waals surface area contributed by atoms with Gasteiger partial charge in [-0.25, -0.2) is 4.98 Å². The van der Waals surface area contributed by atoms with Crippen LogP contribution in [0.3, 0.4) is 0 Å². The van der Waals surface area contributed by atoms with Crippen LogP contribution in [0.15, 0.2) is 30.6 Å². The van der Waals surface area contributed by atoms with Gasteiger partial charge in [0, 0.05) is 30.5 Å². The maximum Gasteiger partial charge on any atom is 0.140 e. The number of hydrogen-bond donors (Lipinski definition) is 1. The normalized spacial score (nSPS) is 17.4. The van der Waals surface area contributed by atoms with Gasteiger partial charge in [-0.1, -0.05) is 32.0 Å². The van der Waals surface area contributed by atoms with Gasteiger partial charge in [-0.05, 0) is 36.9 Å². The SMILES string of the molecule is CCCn1ccnc1-c1cccc2c1CCC2NCC. The largest absolute Gasteiger partial charge is 0.331 e. The van der Waals surface area contributed by atoms with Crippen LogP contribution in [0, 0.1) is 0 Å². The van der Waals surface area contributed by atoms with E-state index in [1.54, 1.807) is 0 Å². The van der Waals surface area contributed by atoms with Crippen molar-refractivity contribution in [3.63, 3.8) is 0 Å². The maximum atomic E-state index is 4.60. The Balaban J connectivity index is 2.01. The van der Waals surface area contributed by atoms with Crippen LogP contribution in [0.5, 0.6) is 0 Å². The predicted molar refractivity (Wildman–Crippen MR) is 82.7 cm³/mol. The van der Waals surface area contributed by atoms with E-state index in [0.717, 1.165) is 31.8 Å². The van der Waals surface area contributed by atoms with Crippen molar-refractivity contribution >= 4 is 0 Å². The summed E-state index contributed by atoms with van der Waals surface area (Å²) < 4.78 is 2.27. The van der Waals surface area contributed by atoms with Gasteiger partial charge in [0.2, 0.25) is 0 Å². The van der Waals surface area contributed by atoms with Gasteiger partial charge < -0.3 is 9.88 Å². The highest BCUT2D eigenvalue weighted by Crippen LogP contribution is 2.37. The first-order chi connectivity index (χ1) is 9.85. The molecule has 1 aliphatic carbocycles.